The maximum absolute atomic E-state index is 13.7. The minimum Gasteiger partial charge on any atom is -0.495 e. The van der Waals surface area contributed by atoms with E-state index in [-0.39, 0.29) is 36.0 Å². The van der Waals surface area contributed by atoms with Crippen LogP contribution in [0.4, 0.5) is 10.1 Å². The molecule has 0 aliphatic heterocycles. The van der Waals surface area contributed by atoms with Crippen LogP contribution in [0.5, 0.6) is 5.75 Å². The normalized spacial score (nSPS) is 18.7. The van der Waals surface area contributed by atoms with Crippen LogP contribution in [-0.4, -0.2) is 18.9 Å². The van der Waals surface area contributed by atoms with Crippen molar-refractivity contribution in [1.29, 1.82) is 0 Å². The van der Waals surface area contributed by atoms with Gasteiger partial charge in [0.05, 0.1) is 12.8 Å². The lowest BCUT2D eigenvalue weighted by Gasteiger charge is -2.27. The summed E-state index contributed by atoms with van der Waals surface area (Å²) in [6, 6.07) is 12.1. The average Bonchev–Trinajstić information content (AvgIpc) is 2.73. The molecule has 0 atom stereocenters. The molecule has 6 heteroatoms. The van der Waals surface area contributed by atoms with Gasteiger partial charge in [-0.2, -0.15) is 0 Å². The van der Waals surface area contributed by atoms with Gasteiger partial charge in [0.1, 0.15) is 11.6 Å². The first-order valence-corrected chi connectivity index (χ1v) is 9.94. The van der Waals surface area contributed by atoms with E-state index in [0.717, 1.165) is 5.56 Å². The van der Waals surface area contributed by atoms with Crippen molar-refractivity contribution in [3.8, 4) is 5.75 Å². The van der Waals surface area contributed by atoms with Crippen molar-refractivity contribution < 1.29 is 18.7 Å². The topological polar surface area (TPSA) is 67.4 Å². The van der Waals surface area contributed by atoms with E-state index in [1.54, 1.807) is 25.3 Å². The molecular formula is C23H27FN2O3. The third-order valence-electron chi connectivity index (χ3n) is 5.49. The number of hydrogen-bond acceptors (Lipinski definition) is 3. The van der Waals surface area contributed by atoms with E-state index in [1.807, 2.05) is 25.1 Å². The van der Waals surface area contributed by atoms with Crippen LogP contribution in [0.2, 0.25) is 0 Å². The molecular weight excluding hydrogens is 371 g/mol. The number of rotatable bonds is 6. The monoisotopic (exact) mass is 398 g/mol. The van der Waals surface area contributed by atoms with E-state index in [0.29, 0.717) is 42.7 Å². The van der Waals surface area contributed by atoms with Crippen molar-refractivity contribution in [2.24, 2.45) is 11.8 Å². The lowest BCUT2D eigenvalue weighted by molar-refractivity contribution is -0.128. The molecule has 29 heavy (non-hydrogen) atoms. The zero-order valence-corrected chi connectivity index (χ0v) is 16.8. The van der Waals surface area contributed by atoms with Gasteiger partial charge < -0.3 is 15.4 Å². The Morgan fingerprint density at radius 2 is 1.69 bits per heavy atom. The highest BCUT2D eigenvalue weighted by Crippen LogP contribution is 2.32. The molecule has 0 unspecified atom stereocenters. The maximum atomic E-state index is 13.7. The smallest absolute Gasteiger partial charge is 0.227 e. The second kappa shape index (κ2) is 9.54. The highest BCUT2D eigenvalue weighted by molar-refractivity contribution is 5.94. The Hall–Kier alpha value is -2.89. The lowest BCUT2D eigenvalue weighted by Crippen LogP contribution is -2.35. The highest BCUT2D eigenvalue weighted by Gasteiger charge is 2.30. The fraction of sp³-hybridized carbons (Fsp3) is 0.391. The number of aryl methyl sites for hydroxylation is 1. The zero-order valence-electron chi connectivity index (χ0n) is 16.8. The standard InChI is InChI=1S/C23H27FN2O3/c1-15-7-12-21(29-2)20(13-15)26-23(28)17-10-8-16(9-11-17)22(27)25-14-18-5-3-4-6-19(18)24/h3-7,12-13,16-17H,8-11,14H2,1-2H3,(H,25,27)(H,26,28). The largest absolute Gasteiger partial charge is 0.495 e. The van der Waals surface area contributed by atoms with Gasteiger partial charge in [0.15, 0.2) is 0 Å². The van der Waals surface area contributed by atoms with Gasteiger partial charge in [-0.3, -0.25) is 9.59 Å². The molecule has 0 aromatic heterocycles. The van der Waals surface area contributed by atoms with Crippen molar-refractivity contribution in [3.63, 3.8) is 0 Å². The summed E-state index contributed by atoms with van der Waals surface area (Å²) in [5.74, 6) is -0.0772. The van der Waals surface area contributed by atoms with E-state index in [1.165, 1.54) is 6.07 Å². The molecule has 1 aliphatic rings. The summed E-state index contributed by atoms with van der Waals surface area (Å²) >= 11 is 0. The fourth-order valence-corrected chi connectivity index (χ4v) is 3.74. The number of halogens is 1. The lowest BCUT2D eigenvalue weighted by atomic mass is 9.81. The highest BCUT2D eigenvalue weighted by atomic mass is 19.1. The maximum Gasteiger partial charge on any atom is 0.227 e. The van der Waals surface area contributed by atoms with Crippen molar-refractivity contribution in [2.75, 3.05) is 12.4 Å². The summed E-state index contributed by atoms with van der Waals surface area (Å²) in [7, 11) is 1.57. The van der Waals surface area contributed by atoms with E-state index in [9.17, 15) is 14.0 Å². The van der Waals surface area contributed by atoms with E-state index in [2.05, 4.69) is 10.6 Å². The Labute approximate surface area is 170 Å². The Morgan fingerprint density at radius 1 is 1.03 bits per heavy atom. The molecule has 1 fully saturated rings. The van der Waals surface area contributed by atoms with Crippen LogP contribution < -0.4 is 15.4 Å². The number of nitrogens with one attached hydrogen (secondary N) is 2. The van der Waals surface area contributed by atoms with Crippen LogP contribution in [0.1, 0.15) is 36.8 Å². The van der Waals surface area contributed by atoms with Gasteiger partial charge in [-0.25, -0.2) is 4.39 Å². The Balaban J connectivity index is 1.49. The summed E-state index contributed by atoms with van der Waals surface area (Å²) in [4.78, 5) is 25.1. The van der Waals surface area contributed by atoms with Crippen LogP contribution in [0.15, 0.2) is 42.5 Å². The van der Waals surface area contributed by atoms with Crippen molar-refractivity contribution in [3.05, 3.63) is 59.4 Å². The number of ether oxygens (including phenoxy) is 1. The molecule has 1 saturated carbocycles. The predicted octanol–water partition coefficient (Wildman–Crippen LogP) is 4.20. The predicted molar refractivity (Wildman–Crippen MR) is 110 cm³/mol. The minimum absolute atomic E-state index is 0.0425. The second-order valence-corrected chi connectivity index (χ2v) is 7.55. The first kappa shape index (κ1) is 20.8. The molecule has 5 nitrogen and oxygen atoms in total. The van der Waals surface area contributed by atoms with Crippen LogP contribution in [0.3, 0.4) is 0 Å². The van der Waals surface area contributed by atoms with Crippen molar-refractivity contribution in [2.45, 2.75) is 39.2 Å². The Kier molecular flexibility index (Phi) is 6.86. The quantitative estimate of drug-likeness (QED) is 0.766. The fourth-order valence-electron chi connectivity index (χ4n) is 3.74. The summed E-state index contributed by atoms with van der Waals surface area (Å²) in [5.41, 5.74) is 2.18. The summed E-state index contributed by atoms with van der Waals surface area (Å²) in [6.45, 7) is 2.14. The zero-order chi connectivity index (χ0) is 20.8. The third kappa shape index (κ3) is 5.34. The first-order chi connectivity index (χ1) is 14.0. The number of carbonyl (C=O) groups excluding carboxylic acids is 2. The third-order valence-corrected chi connectivity index (χ3v) is 5.49. The van der Waals surface area contributed by atoms with Gasteiger partial charge in [0.2, 0.25) is 11.8 Å². The molecule has 0 radical (unpaired) electrons. The summed E-state index contributed by atoms with van der Waals surface area (Å²) < 4.78 is 19.0. The SMILES string of the molecule is COc1ccc(C)cc1NC(=O)C1CCC(C(=O)NCc2ccccc2F)CC1. The van der Waals surface area contributed by atoms with Gasteiger partial charge in [-0.05, 0) is 56.4 Å². The van der Waals surface area contributed by atoms with Gasteiger partial charge in [0.25, 0.3) is 0 Å². The van der Waals surface area contributed by atoms with E-state index >= 15 is 0 Å². The van der Waals surface area contributed by atoms with Crippen molar-refractivity contribution >= 4 is 17.5 Å². The van der Waals surface area contributed by atoms with Crippen LogP contribution in [0.25, 0.3) is 0 Å². The number of carbonyl (C=O) groups is 2. The van der Waals surface area contributed by atoms with Crippen molar-refractivity contribution in [1.82, 2.24) is 5.32 Å². The number of benzene rings is 2. The molecule has 2 amide bonds. The molecule has 0 spiro atoms. The molecule has 2 aromatic carbocycles. The number of anilines is 1. The molecule has 2 N–H and O–H groups in total. The molecule has 0 saturated heterocycles. The van der Waals surface area contributed by atoms with Gasteiger partial charge in [0, 0.05) is 23.9 Å². The number of hydrogen-bond donors (Lipinski definition) is 2. The van der Waals surface area contributed by atoms with Crippen LogP contribution in [-0.2, 0) is 16.1 Å². The molecule has 0 heterocycles. The average molecular weight is 398 g/mol. The van der Waals surface area contributed by atoms with E-state index in [4.69, 9.17) is 4.74 Å². The second-order valence-electron chi connectivity index (χ2n) is 7.55. The molecule has 3 rings (SSSR count). The molecule has 1 aliphatic carbocycles. The Morgan fingerprint density at radius 3 is 2.34 bits per heavy atom. The molecule has 0 bridgehead atoms. The number of amides is 2. The first-order valence-electron chi connectivity index (χ1n) is 9.94. The van der Waals surface area contributed by atoms with E-state index < -0.39 is 0 Å². The minimum atomic E-state index is -0.320. The van der Waals surface area contributed by atoms with Crippen LogP contribution >= 0.6 is 0 Å². The van der Waals surface area contributed by atoms with Gasteiger partial charge >= 0.3 is 0 Å². The van der Waals surface area contributed by atoms with Gasteiger partial charge in [-0.15, -0.1) is 0 Å². The number of methoxy groups -OCH3 is 1. The molecule has 2 aromatic rings. The Bertz CT molecular complexity index is 876. The molecule has 154 valence electrons. The summed E-state index contributed by atoms with van der Waals surface area (Å²) in [6.07, 6.45) is 2.59. The van der Waals surface area contributed by atoms with Gasteiger partial charge in [-0.1, -0.05) is 24.3 Å². The summed E-state index contributed by atoms with van der Waals surface area (Å²) in [5, 5.41) is 5.78. The van der Waals surface area contributed by atoms with Crippen LogP contribution in [0, 0.1) is 24.6 Å².